The minimum absolute atomic E-state index is 0.0187. The van der Waals surface area contributed by atoms with E-state index < -0.39 is 0 Å². The van der Waals surface area contributed by atoms with Crippen LogP contribution in [0.15, 0.2) is 61.3 Å². The number of pyridine rings is 3. The Morgan fingerprint density at radius 3 is 2.62 bits per heavy atom. The fourth-order valence-electron chi connectivity index (χ4n) is 6.30. The third-order valence-corrected chi connectivity index (χ3v) is 8.68. The Morgan fingerprint density at radius 2 is 1.77 bits per heavy atom. The summed E-state index contributed by atoms with van der Waals surface area (Å²) >= 11 is 0. The van der Waals surface area contributed by atoms with Crippen LogP contribution in [-0.4, -0.2) is 73.1 Å². The molecule has 11 nitrogen and oxygen atoms in total. The van der Waals surface area contributed by atoms with E-state index in [1.807, 2.05) is 32.3 Å². The van der Waals surface area contributed by atoms with E-state index in [1.165, 1.54) is 31.4 Å². The number of rotatable bonds is 10. The van der Waals surface area contributed by atoms with E-state index in [0.717, 1.165) is 35.9 Å². The lowest BCUT2D eigenvalue weighted by Gasteiger charge is -2.20. The number of fused-ring (bicyclic) bond motifs is 2. The van der Waals surface area contributed by atoms with Crippen molar-refractivity contribution in [1.82, 2.24) is 40.0 Å². The van der Waals surface area contributed by atoms with Crippen LogP contribution in [0.25, 0.3) is 55.8 Å². The topological polar surface area (TPSA) is 140 Å². The molecule has 1 amide bonds. The molecule has 1 aliphatic carbocycles. The second-order valence-electron chi connectivity index (χ2n) is 12.5. The molecular formula is C35H37FN10O. The minimum atomic E-state index is -0.344. The van der Waals surface area contributed by atoms with E-state index in [2.05, 4.69) is 45.7 Å². The van der Waals surface area contributed by atoms with Crippen molar-refractivity contribution in [3.8, 4) is 33.9 Å². The summed E-state index contributed by atoms with van der Waals surface area (Å²) in [4.78, 5) is 36.5. The molecule has 0 saturated heterocycles. The predicted octanol–water partition coefficient (Wildman–Crippen LogP) is 6.65. The molecule has 12 heteroatoms. The molecule has 1 fully saturated rings. The van der Waals surface area contributed by atoms with E-state index in [4.69, 9.17) is 4.98 Å². The first-order chi connectivity index (χ1) is 22.9. The molecule has 5 aromatic heterocycles. The van der Waals surface area contributed by atoms with Crippen molar-refractivity contribution >= 4 is 39.2 Å². The van der Waals surface area contributed by atoms with Crippen molar-refractivity contribution in [1.29, 1.82) is 0 Å². The molecule has 0 atom stereocenters. The van der Waals surface area contributed by atoms with Crippen molar-refractivity contribution in [3.63, 3.8) is 0 Å². The summed E-state index contributed by atoms with van der Waals surface area (Å²) in [7, 11) is 3.99. The number of imidazole rings is 1. The molecule has 0 unspecified atom stereocenters. The Hall–Kier alpha value is -5.23. The molecule has 5 heterocycles. The van der Waals surface area contributed by atoms with Crippen LogP contribution in [0.3, 0.4) is 0 Å². The molecule has 4 N–H and O–H groups in total. The van der Waals surface area contributed by atoms with Crippen molar-refractivity contribution in [2.75, 3.05) is 37.8 Å². The fraction of sp³-hybridized carbons (Fsp3) is 0.314. The van der Waals surface area contributed by atoms with Gasteiger partial charge < -0.3 is 20.5 Å². The van der Waals surface area contributed by atoms with Gasteiger partial charge in [0.2, 0.25) is 5.91 Å². The van der Waals surface area contributed by atoms with Gasteiger partial charge in [-0.25, -0.2) is 9.37 Å². The van der Waals surface area contributed by atoms with Crippen molar-refractivity contribution in [3.05, 3.63) is 67.1 Å². The number of nitrogens with zero attached hydrogens (tertiary/aromatic N) is 6. The average molecular weight is 633 g/mol. The van der Waals surface area contributed by atoms with Crippen LogP contribution in [0.5, 0.6) is 0 Å². The molecular weight excluding hydrogens is 595 g/mol. The number of nitrogens with one attached hydrogen (secondary N) is 4. The third-order valence-electron chi connectivity index (χ3n) is 8.68. The van der Waals surface area contributed by atoms with Gasteiger partial charge in [-0.2, -0.15) is 5.10 Å². The highest BCUT2D eigenvalue weighted by atomic mass is 19.1. The number of carbonyl (C=O) groups excluding carboxylic acids is 1. The SMILES string of the molecule is CN(C)CCNc1cc(F)cc(-c2cncc3[nH]c(-c4n[nH]c5cnc(-c6cncc(NC(=O)CC7CCCCC7)c6)cc45)nc23)c1. The number of amides is 1. The molecule has 6 aromatic rings. The number of hydrogen-bond donors (Lipinski definition) is 4. The summed E-state index contributed by atoms with van der Waals surface area (Å²) in [5.41, 5.74) is 6.88. The number of aromatic amines is 2. The van der Waals surface area contributed by atoms with Crippen LogP contribution in [0.4, 0.5) is 15.8 Å². The summed E-state index contributed by atoms with van der Waals surface area (Å²) in [6.45, 7) is 1.50. The average Bonchev–Trinajstić information content (AvgIpc) is 3.69. The van der Waals surface area contributed by atoms with E-state index in [9.17, 15) is 9.18 Å². The molecule has 0 aliphatic heterocycles. The minimum Gasteiger partial charge on any atom is -0.384 e. The molecule has 0 radical (unpaired) electrons. The van der Waals surface area contributed by atoms with Crippen LogP contribution >= 0.6 is 0 Å². The fourth-order valence-corrected chi connectivity index (χ4v) is 6.30. The van der Waals surface area contributed by atoms with Gasteiger partial charge >= 0.3 is 0 Å². The Morgan fingerprint density at radius 1 is 0.936 bits per heavy atom. The van der Waals surface area contributed by atoms with Gasteiger partial charge in [-0.05, 0) is 68.8 Å². The first-order valence-corrected chi connectivity index (χ1v) is 16.0. The highest BCUT2D eigenvalue weighted by Gasteiger charge is 2.19. The number of benzene rings is 1. The maximum Gasteiger partial charge on any atom is 0.224 e. The van der Waals surface area contributed by atoms with Gasteiger partial charge in [-0.15, -0.1) is 0 Å². The molecule has 1 aliphatic rings. The van der Waals surface area contributed by atoms with Crippen molar-refractivity contribution in [2.24, 2.45) is 5.92 Å². The van der Waals surface area contributed by atoms with E-state index in [-0.39, 0.29) is 11.7 Å². The summed E-state index contributed by atoms with van der Waals surface area (Å²) in [6.07, 6.45) is 15.0. The van der Waals surface area contributed by atoms with Crippen LogP contribution in [0.2, 0.25) is 0 Å². The number of halogens is 1. The lowest BCUT2D eigenvalue weighted by molar-refractivity contribution is -0.117. The zero-order chi connectivity index (χ0) is 32.3. The Labute approximate surface area is 271 Å². The number of likely N-dealkylation sites (N-methyl/N-ethyl adjacent to an activating group) is 1. The van der Waals surface area contributed by atoms with Crippen LogP contribution < -0.4 is 10.6 Å². The summed E-state index contributed by atoms with van der Waals surface area (Å²) in [5, 5.41) is 14.7. The predicted molar refractivity (Wildman–Crippen MR) is 182 cm³/mol. The van der Waals surface area contributed by atoms with Gasteiger partial charge in [0.15, 0.2) is 5.82 Å². The van der Waals surface area contributed by atoms with Crippen LogP contribution in [0.1, 0.15) is 38.5 Å². The lowest BCUT2D eigenvalue weighted by atomic mass is 9.87. The lowest BCUT2D eigenvalue weighted by Crippen LogP contribution is -2.20. The van der Waals surface area contributed by atoms with Gasteiger partial charge in [0, 0.05) is 54.1 Å². The molecule has 0 spiro atoms. The van der Waals surface area contributed by atoms with Crippen LogP contribution in [0, 0.1) is 11.7 Å². The van der Waals surface area contributed by atoms with Crippen molar-refractivity contribution in [2.45, 2.75) is 38.5 Å². The largest absolute Gasteiger partial charge is 0.384 e. The summed E-state index contributed by atoms with van der Waals surface area (Å²) in [6, 6.07) is 8.71. The molecule has 240 valence electrons. The van der Waals surface area contributed by atoms with E-state index >= 15 is 0 Å². The first-order valence-electron chi connectivity index (χ1n) is 16.0. The van der Waals surface area contributed by atoms with Crippen LogP contribution in [-0.2, 0) is 4.79 Å². The smallest absolute Gasteiger partial charge is 0.224 e. The monoisotopic (exact) mass is 632 g/mol. The zero-order valence-electron chi connectivity index (χ0n) is 26.5. The number of anilines is 2. The van der Waals surface area contributed by atoms with Gasteiger partial charge in [0.25, 0.3) is 0 Å². The number of H-pyrrole nitrogens is 2. The quantitative estimate of drug-likeness (QED) is 0.132. The van der Waals surface area contributed by atoms with Gasteiger partial charge in [-0.1, -0.05) is 19.3 Å². The molecule has 0 bridgehead atoms. The zero-order valence-corrected chi connectivity index (χ0v) is 26.5. The number of aromatic nitrogens is 7. The highest BCUT2D eigenvalue weighted by Crippen LogP contribution is 2.34. The normalized spacial score (nSPS) is 13.9. The van der Waals surface area contributed by atoms with E-state index in [1.54, 1.807) is 31.0 Å². The molecule has 7 rings (SSSR count). The Balaban J connectivity index is 1.16. The summed E-state index contributed by atoms with van der Waals surface area (Å²) in [5.74, 6) is 0.670. The first kappa shape index (κ1) is 30.4. The standard InChI is InChI=1S/C35H37FN10O/c1-46(2)9-8-39-25-12-22(11-24(36)14-25)28-18-38-19-31-33(28)43-35(42-31)34-27-15-29(40-20-30(27)44-45-34)23-13-26(17-37-16-23)41-32(47)10-21-6-4-3-5-7-21/h11-21,39H,3-10H2,1-2H3,(H,41,47)(H,42,43)(H,44,45). The summed E-state index contributed by atoms with van der Waals surface area (Å²) < 4.78 is 14.7. The highest BCUT2D eigenvalue weighted by molar-refractivity contribution is 5.98. The van der Waals surface area contributed by atoms with Crippen molar-refractivity contribution < 1.29 is 9.18 Å². The van der Waals surface area contributed by atoms with Gasteiger partial charge in [0.05, 0.1) is 46.5 Å². The second kappa shape index (κ2) is 13.2. The molecule has 1 aromatic carbocycles. The molecule has 47 heavy (non-hydrogen) atoms. The molecule has 1 saturated carbocycles. The van der Waals surface area contributed by atoms with Gasteiger partial charge in [-0.3, -0.25) is 24.8 Å². The maximum atomic E-state index is 14.7. The maximum absolute atomic E-state index is 14.7. The third kappa shape index (κ3) is 6.82. The van der Waals surface area contributed by atoms with E-state index in [0.29, 0.717) is 69.6 Å². The van der Waals surface area contributed by atoms with Gasteiger partial charge in [0.1, 0.15) is 11.5 Å². The second-order valence-corrected chi connectivity index (χ2v) is 12.5. The number of hydrogen-bond acceptors (Lipinski definition) is 8. The Kier molecular flexibility index (Phi) is 8.58. The number of carbonyl (C=O) groups is 1. The Bertz CT molecular complexity index is 2050.